The maximum absolute atomic E-state index is 12.9. The largest absolute Gasteiger partial charge is 0.497 e. The molecular formula is C26H28N2O4. The molecule has 2 aromatic carbocycles. The lowest BCUT2D eigenvalue weighted by atomic mass is 10.1. The van der Waals surface area contributed by atoms with E-state index in [4.69, 9.17) is 13.9 Å². The fraction of sp³-hybridized carbons (Fsp3) is 0.346. The number of aryl methyl sites for hydroxylation is 2. The van der Waals surface area contributed by atoms with Gasteiger partial charge in [-0.05, 0) is 78.9 Å². The molecule has 2 aliphatic rings. The lowest BCUT2D eigenvalue weighted by molar-refractivity contribution is 0.0710. The highest BCUT2D eigenvalue weighted by Crippen LogP contribution is 2.27. The molecule has 1 aliphatic carbocycles. The summed E-state index contributed by atoms with van der Waals surface area (Å²) in [6.07, 6.45) is 3.50. The normalized spacial score (nSPS) is 15.5. The van der Waals surface area contributed by atoms with Crippen LogP contribution in [0.2, 0.25) is 0 Å². The van der Waals surface area contributed by atoms with Gasteiger partial charge in [-0.2, -0.15) is 0 Å². The molecule has 1 saturated heterocycles. The standard InChI is InChI=1S/C26H28N2O4/c1-30-22-9-6-21(7-10-22)27-13-15-28(16-14-27)26(29)25-12-11-24(32-25)18-31-23-8-5-19-3-2-4-20(19)17-23/h5-12,17H,2-4,13-16,18H2,1H3. The Bertz CT molecular complexity index is 1080. The molecular weight excluding hydrogens is 404 g/mol. The first-order chi connectivity index (χ1) is 15.7. The van der Waals surface area contributed by atoms with Crippen LogP contribution < -0.4 is 14.4 Å². The lowest BCUT2D eigenvalue weighted by Gasteiger charge is -2.35. The van der Waals surface area contributed by atoms with Crippen LogP contribution in [0.1, 0.15) is 33.9 Å². The van der Waals surface area contributed by atoms with Crippen molar-refractivity contribution in [2.24, 2.45) is 0 Å². The second-order valence-electron chi connectivity index (χ2n) is 8.32. The molecule has 0 radical (unpaired) electrons. The average molecular weight is 433 g/mol. The summed E-state index contributed by atoms with van der Waals surface area (Å²) in [7, 11) is 1.67. The number of carbonyl (C=O) groups is 1. The summed E-state index contributed by atoms with van der Waals surface area (Å²) < 4.78 is 16.9. The third-order valence-electron chi connectivity index (χ3n) is 6.33. The molecule has 0 unspecified atom stereocenters. The predicted octanol–water partition coefficient (Wildman–Crippen LogP) is 4.32. The Morgan fingerprint density at radius 3 is 2.44 bits per heavy atom. The molecule has 6 nitrogen and oxygen atoms in total. The lowest BCUT2D eigenvalue weighted by Crippen LogP contribution is -2.48. The van der Waals surface area contributed by atoms with Crippen molar-refractivity contribution in [2.75, 3.05) is 38.2 Å². The van der Waals surface area contributed by atoms with E-state index in [0.717, 1.165) is 43.1 Å². The molecule has 6 heteroatoms. The molecule has 3 aromatic rings. The Balaban J connectivity index is 1.14. The minimum atomic E-state index is -0.0665. The second kappa shape index (κ2) is 8.99. The molecule has 0 atom stereocenters. The van der Waals surface area contributed by atoms with Gasteiger partial charge in [-0.3, -0.25) is 4.79 Å². The van der Waals surface area contributed by atoms with E-state index < -0.39 is 0 Å². The van der Waals surface area contributed by atoms with Gasteiger partial charge in [0, 0.05) is 31.9 Å². The number of furan rings is 1. The van der Waals surface area contributed by atoms with E-state index in [2.05, 4.69) is 29.2 Å². The topological polar surface area (TPSA) is 55.2 Å². The number of methoxy groups -OCH3 is 1. The van der Waals surface area contributed by atoms with Gasteiger partial charge >= 0.3 is 0 Å². The number of rotatable bonds is 6. The summed E-state index contributed by atoms with van der Waals surface area (Å²) in [5, 5.41) is 0. The zero-order valence-corrected chi connectivity index (χ0v) is 18.4. The summed E-state index contributed by atoms with van der Waals surface area (Å²) >= 11 is 0. The molecule has 2 heterocycles. The van der Waals surface area contributed by atoms with E-state index >= 15 is 0 Å². The van der Waals surface area contributed by atoms with E-state index in [9.17, 15) is 4.79 Å². The summed E-state index contributed by atoms with van der Waals surface area (Å²) in [6.45, 7) is 3.20. The van der Waals surface area contributed by atoms with Crippen LogP contribution in [-0.2, 0) is 19.4 Å². The maximum atomic E-state index is 12.9. The fourth-order valence-corrected chi connectivity index (χ4v) is 4.48. The van der Waals surface area contributed by atoms with Gasteiger partial charge in [-0.25, -0.2) is 0 Å². The summed E-state index contributed by atoms with van der Waals surface area (Å²) in [4.78, 5) is 17.0. The van der Waals surface area contributed by atoms with E-state index in [0.29, 0.717) is 31.2 Å². The molecule has 166 valence electrons. The van der Waals surface area contributed by atoms with Crippen LogP contribution in [-0.4, -0.2) is 44.1 Å². The van der Waals surface area contributed by atoms with Crippen LogP contribution >= 0.6 is 0 Å². The number of fused-ring (bicyclic) bond motifs is 1. The minimum Gasteiger partial charge on any atom is -0.497 e. The third kappa shape index (κ3) is 4.31. The van der Waals surface area contributed by atoms with Crippen molar-refractivity contribution in [1.29, 1.82) is 0 Å². The van der Waals surface area contributed by atoms with Gasteiger partial charge in [-0.1, -0.05) is 6.07 Å². The number of carbonyl (C=O) groups excluding carboxylic acids is 1. The molecule has 1 aliphatic heterocycles. The van der Waals surface area contributed by atoms with Gasteiger partial charge in [0.25, 0.3) is 5.91 Å². The first kappa shape index (κ1) is 20.5. The molecule has 1 fully saturated rings. The van der Waals surface area contributed by atoms with Crippen molar-refractivity contribution in [2.45, 2.75) is 25.9 Å². The molecule has 0 bridgehead atoms. The molecule has 5 rings (SSSR count). The number of amides is 1. The van der Waals surface area contributed by atoms with Crippen LogP contribution in [0, 0.1) is 0 Å². The van der Waals surface area contributed by atoms with Crippen LogP contribution in [0.4, 0.5) is 5.69 Å². The number of nitrogens with zero attached hydrogens (tertiary/aromatic N) is 2. The predicted molar refractivity (Wildman–Crippen MR) is 123 cm³/mol. The summed E-state index contributed by atoms with van der Waals surface area (Å²) in [6, 6.07) is 17.9. The van der Waals surface area contributed by atoms with Gasteiger partial charge in [0.2, 0.25) is 0 Å². The smallest absolute Gasteiger partial charge is 0.289 e. The first-order valence-electron chi connectivity index (χ1n) is 11.2. The van der Waals surface area contributed by atoms with Crippen molar-refractivity contribution in [3.05, 3.63) is 77.2 Å². The van der Waals surface area contributed by atoms with E-state index in [1.165, 1.54) is 17.5 Å². The van der Waals surface area contributed by atoms with Gasteiger partial charge in [0.1, 0.15) is 23.9 Å². The van der Waals surface area contributed by atoms with E-state index in [-0.39, 0.29) is 5.91 Å². The molecule has 32 heavy (non-hydrogen) atoms. The van der Waals surface area contributed by atoms with Crippen LogP contribution in [0.25, 0.3) is 0 Å². The first-order valence-corrected chi connectivity index (χ1v) is 11.2. The Hall–Kier alpha value is -3.41. The second-order valence-corrected chi connectivity index (χ2v) is 8.32. The molecule has 0 saturated carbocycles. The van der Waals surface area contributed by atoms with Crippen molar-refractivity contribution in [3.63, 3.8) is 0 Å². The number of hydrogen-bond donors (Lipinski definition) is 0. The van der Waals surface area contributed by atoms with Crippen molar-refractivity contribution < 1.29 is 18.7 Å². The Labute approximate surface area is 188 Å². The highest BCUT2D eigenvalue weighted by Gasteiger charge is 2.24. The van der Waals surface area contributed by atoms with Crippen molar-refractivity contribution in [3.8, 4) is 11.5 Å². The third-order valence-corrected chi connectivity index (χ3v) is 6.33. The summed E-state index contributed by atoms with van der Waals surface area (Å²) in [5.41, 5.74) is 3.95. The monoisotopic (exact) mass is 432 g/mol. The zero-order chi connectivity index (χ0) is 21.9. The fourth-order valence-electron chi connectivity index (χ4n) is 4.48. The Kier molecular flexibility index (Phi) is 5.75. The maximum Gasteiger partial charge on any atom is 0.289 e. The number of piperazine rings is 1. The Morgan fingerprint density at radius 2 is 1.66 bits per heavy atom. The molecule has 0 spiro atoms. The highest BCUT2D eigenvalue weighted by molar-refractivity contribution is 5.91. The highest BCUT2D eigenvalue weighted by atomic mass is 16.5. The average Bonchev–Trinajstić information content (AvgIpc) is 3.52. The van der Waals surface area contributed by atoms with Gasteiger partial charge < -0.3 is 23.7 Å². The van der Waals surface area contributed by atoms with Gasteiger partial charge in [-0.15, -0.1) is 0 Å². The molecule has 1 amide bonds. The van der Waals surface area contributed by atoms with E-state index in [1.807, 2.05) is 29.2 Å². The SMILES string of the molecule is COc1ccc(N2CCN(C(=O)c3ccc(COc4ccc5c(c4)CCC5)o3)CC2)cc1. The number of anilines is 1. The van der Waals surface area contributed by atoms with Crippen molar-refractivity contribution >= 4 is 11.6 Å². The van der Waals surface area contributed by atoms with E-state index in [1.54, 1.807) is 13.2 Å². The van der Waals surface area contributed by atoms with Crippen LogP contribution in [0.3, 0.4) is 0 Å². The van der Waals surface area contributed by atoms with Gasteiger partial charge in [0.05, 0.1) is 7.11 Å². The number of benzene rings is 2. The number of hydrogen-bond acceptors (Lipinski definition) is 5. The van der Waals surface area contributed by atoms with Gasteiger partial charge in [0.15, 0.2) is 5.76 Å². The van der Waals surface area contributed by atoms with Crippen LogP contribution in [0.5, 0.6) is 11.5 Å². The number of ether oxygens (including phenoxy) is 2. The Morgan fingerprint density at radius 1 is 0.906 bits per heavy atom. The summed E-state index contributed by atoms with van der Waals surface area (Å²) in [5.74, 6) is 2.66. The molecule has 0 N–H and O–H groups in total. The quantitative estimate of drug-likeness (QED) is 0.581. The minimum absolute atomic E-state index is 0.0665. The van der Waals surface area contributed by atoms with Crippen LogP contribution in [0.15, 0.2) is 59.0 Å². The van der Waals surface area contributed by atoms with Crippen molar-refractivity contribution in [1.82, 2.24) is 4.90 Å². The zero-order valence-electron chi connectivity index (χ0n) is 18.4. The molecule has 1 aromatic heterocycles.